The summed E-state index contributed by atoms with van der Waals surface area (Å²) in [6, 6.07) is 11.3. The van der Waals surface area contributed by atoms with Crippen LogP contribution in [0.2, 0.25) is 0 Å². The molecule has 3 aromatic heterocycles. The number of amides is 1. The largest absolute Gasteiger partial charge is 0.322 e. The number of hydrogen-bond acceptors (Lipinski definition) is 5. The number of benzene rings is 1. The number of aryl methyl sites for hydroxylation is 3. The minimum atomic E-state index is -0.200. The number of unbranched alkanes of at least 4 members (excludes halogenated alkanes) is 1. The number of hydrogen-bond donors (Lipinski definition) is 1. The van der Waals surface area contributed by atoms with Gasteiger partial charge in [-0.05, 0) is 57.9 Å². The first-order valence-electron chi connectivity index (χ1n) is 10.7. The molecular formula is C24H26N6O2. The Kier molecular flexibility index (Phi) is 6.11. The van der Waals surface area contributed by atoms with Crippen molar-refractivity contribution in [2.75, 3.05) is 5.32 Å². The van der Waals surface area contributed by atoms with E-state index < -0.39 is 0 Å². The molecular weight excluding hydrogens is 404 g/mol. The van der Waals surface area contributed by atoms with Gasteiger partial charge in [-0.25, -0.2) is 4.98 Å². The zero-order valence-corrected chi connectivity index (χ0v) is 18.5. The first-order chi connectivity index (χ1) is 15.4. The van der Waals surface area contributed by atoms with Crippen LogP contribution in [0.1, 0.15) is 47.9 Å². The van der Waals surface area contributed by atoms with Gasteiger partial charge in [0.1, 0.15) is 17.1 Å². The summed E-state index contributed by atoms with van der Waals surface area (Å²) in [6.45, 7) is 6.25. The second kappa shape index (κ2) is 9.13. The highest BCUT2D eigenvalue weighted by atomic mass is 16.1. The molecule has 0 radical (unpaired) electrons. The fourth-order valence-electron chi connectivity index (χ4n) is 3.68. The molecule has 0 aliphatic rings. The van der Waals surface area contributed by atoms with Crippen molar-refractivity contribution in [3.8, 4) is 11.3 Å². The van der Waals surface area contributed by atoms with E-state index in [-0.39, 0.29) is 11.7 Å². The van der Waals surface area contributed by atoms with E-state index in [1.807, 2.05) is 61.0 Å². The minimum Gasteiger partial charge on any atom is -0.322 e. The number of ketones is 1. The van der Waals surface area contributed by atoms with Gasteiger partial charge in [-0.1, -0.05) is 17.3 Å². The van der Waals surface area contributed by atoms with Gasteiger partial charge in [-0.15, -0.1) is 5.10 Å². The van der Waals surface area contributed by atoms with Crippen LogP contribution in [0.15, 0.2) is 48.8 Å². The van der Waals surface area contributed by atoms with Gasteiger partial charge in [-0.3, -0.25) is 9.48 Å². The highest BCUT2D eigenvalue weighted by molar-refractivity contribution is 6.08. The molecule has 8 nitrogen and oxygen atoms in total. The third kappa shape index (κ3) is 4.74. The molecule has 1 N–H and O–H groups in total. The molecule has 3 heterocycles. The van der Waals surface area contributed by atoms with E-state index in [9.17, 15) is 9.59 Å². The molecule has 0 saturated carbocycles. The Labute approximate surface area is 186 Å². The van der Waals surface area contributed by atoms with Gasteiger partial charge in [0, 0.05) is 41.8 Å². The summed E-state index contributed by atoms with van der Waals surface area (Å²) >= 11 is 0. The van der Waals surface area contributed by atoms with Gasteiger partial charge in [0.05, 0.1) is 11.8 Å². The van der Waals surface area contributed by atoms with Gasteiger partial charge in [-0.2, -0.15) is 0 Å². The first kappa shape index (κ1) is 21.4. The van der Waals surface area contributed by atoms with Crippen LogP contribution in [0, 0.1) is 13.8 Å². The van der Waals surface area contributed by atoms with Crippen LogP contribution >= 0.6 is 0 Å². The summed E-state index contributed by atoms with van der Waals surface area (Å²) in [5.41, 5.74) is 5.47. The molecule has 0 aliphatic carbocycles. The quantitative estimate of drug-likeness (QED) is 0.422. The maximum Gasteiger partial charge on any atom is 0.259 e. The molecule has 0 atom stereocenters. The minimum absolute atomic E-state index is 0.200. The second-order valence-corrected chi connectivity index (χ2v) is 8.02. The van der Waals surface area contributed by atoms with E-state index in [2.05, 4.69) is 20.6 Å². The lowest BCUT2D eigenvalue weighted by Crippen LogP contribution is -2.12. The topological polar surface area (TPSA) is 94.2 Å². The predicted octanol–water partition coefficient (Wildman–Crippen LogP) is 4.22. The molecule has 32 heavy (non-hydrogen) atoms. The maximum absolute atomic E-state index is 12.8. The van der Waals surface area contributed by atoms with Crippen molar-refractivity contribution in [3.63, 3.8) is 0 Å². The third-order valence-electron chi connectivity index (χ3n) is 5.33. The molecule has 0 spiro atoms. The van der Waals surface area contributed by atoms with Gasteiger partial charge >= 0.3 is 0 Å². The number of anilines is 1. The van der Waals surface area contributed by atoms with Crippen molar-refractivity contribution >= 4 is 23.0 Å². The van der Waals surface area contributed by atoms with Crippen molar-refractivity contribution < 1.29 is 9.59 Å². The Morgan fingerprint density at radius 1 is 1.06 bits per heavy atom. The number of nitrogens with one attached hydrogen (secondary N) is 1. The Balaban J connectivity index is 1.41. The van der Waals surface area contributed by atoms with Crippen molar-refractivity contribution in [2.45, 2.75) is 46.6 Å². The number of carbonyl (C=O) groups excluding carboxylic acids is 2. The van der Waals surface area contributed by atoms with E-state index in [1.54, 1.807) is 17.7 Å². The average molecular weight is 431 g/mol. The number of aromatic nitrogens is 5. The lowest BCUT2D eigenvalue weighted by atomic mass is 10.1. The number of Topliss-reactive ketones (excluding diaryl/α,β-unsaturated/α-hetero) is 1. The number of rotatable bonds is 8. The van der Waals surface area contributed by atoms with E-state index in [0.29, 0.717) is 23.3 Å². The number of fused-ring (bicyclic) bond motifs is 1. The van der Waals surface area contributed by atoms with Crippen LogP contribution in [0.4, 0.5) is 5.69 Å². The lowest BCUT2D eigenvalue weighted by Gasteiger charge is -2.06. The monoisotopic (exact) mass is 430 g/mol. The van der Waals surface area contributed by atoms with Gasteiger partial charge in [0.25, 0.3) is 5.91 Å². The molecule has 164 valence electrons. The zero-order chi connectivity index (χ0) is 22.7. The first-order valence-corrected chi connectivity index (χ1v) is 10.7. The Bertz CT molecular complexity index is 1270. The van der Waals surface area contributed by atoms with Crippen LogP contribution in [-0.4, -0.2) is 36.1 Å². The van der Waals surface area contributed by atoms with Crippen molar-refractivity contribution in [2.24, 2.45) is 0 Å². The zero-order valence-electron chi connectivity index (χ0n) is 18.5. The van der Waals surface area contributed by atoms with Crippen LogP contribution in [0.25, 0.3) is 16.9 Å². The fraction of sp³-hybridized carbons (Fsp3) is 0.292. The Hall–Kier alpha value is -3.81. The van der Waals surface area contributed by atoms with Crippen molar-refractivity contribution in [3.05, 3.63) is 65.7 Å². The van der Waals surface area contributed by atoms with Crippen LogP contribution in [0.5, 0.6) is 0 Å². The van der Waals surface area contributed by atoms with E-state index in [1.165, 1.54) is 0 Å². The molecule has 4 aromatic rings. The lowest BCUT2D eigenvalue weighted by molar-refractivity contribution is -0.117. The van der Waals surface area contributed by atoms with Crippen LogP contribution in [0.3, 0.4) is 0 Å². The third-order valence-corrected chi connectivity index (χ3v) is 5.33. The average Bonchev–Trinajstić information content (AvgIpc) is 3.39. The van der Waals surface area contributed by atoms with Gasteiger partial charge < -0.3 is 14.5 Å². The molecule has 8 heteroatoms. The molecule has 4 rings (SSSR count). The molecule has 1 amide bonds. The SMILES string of the molecule is CC(=O)CCCCn1cc(-c2ccc(NC(=O)c3ccn4c(C)cc(C)nc34)cc2)nn1. The molecule has 1 aromatic carbocycles. The number of carbonyl (C=O) groups is 2. The standard InChI is InChI=1S/C24H26N6O2/c1-16-14-17(2)30-13-11-21(23(30)25-16)24(32)26-20-9-7-19(8-10-20)22-15-29(28-27-22)12-5-4-6-18(3)31/h7-11,13-15H,4-6,12H2,1-3H3,(H,26,32). The van der Waals surface area contributed by atoms with E-state index >= 15 is 0 Å². The molecule has 0 saturated heterocycles. The summed E-state index contributed by atoms with van der Waals surface area (Å²) in [7, 11) is 0. The second-order valence-electron chi connectivity index (χ2n) is 8.02. The van der Waals surface area contributed by atoms with Crippen molar-refractivity contribution in [1.29, 1.82) is 0 Å². The summed E-state index contributed by atoms with van der Waals surface area (Å²) in [4.78, 5) is 28.4. The summed E-state index contributed by atoms with van der Waals surface area (Å²) in [6.07, 6.45) is 6.09. The van der Waals surface area contributed by atoms with Crippen LogP contribution in [-0.2, 0) is 11.3 Å². The fourth-order valence-corrected chi connectivity index (χ4v) is 3.68. The maximum atomic E-state index is 12.8. The summed E-state index contributed by atoms with van der Waals surface area (Å²) < 4.78 is 3.70. The highest BCUT2D eigenvalue weighted by Crippen LogP contribution is 2.21. The summed E-state index contributed by atoms with van der Waals surface area (Å²) in [5.74, 6) is 0.0116. The molecule has 0 unspecified atom stereocenters. The van der Waals surface area contributed by atoms with Crippen LogP contribution < -0.4 is 5.32 Å². The Morgan fingerprint density at radius 2 is 1.84 bits per heavy atom. The van der Waals surface area contributed by atoms with Gasteiger partial charge in [0.2, 0.25) is 0 Å². The van der Waals surface area contributed by atoms with E-state index in [0.717, 1.165) is 42.0 Å². The smallest absolute Gasteiger partial charge is 0.259 e. The Morgan fingerprint density at radius 3 is 2.59 bits per heavy atom. The predicted molar refractivity (Wildman–Crippen MR) is 123 cm³/mol. The number of nitrogens with zero attached hydrogens (tertiary/aromatic N) is 5. The summed E-state index contributed by atoms with van der Waals surface area (Å²) in [5, 5.41) is 11.3. The van der Waals surface area contributed by atoms with Gasteiger partial charge in [0.15, 0.2) is 0 Å². The molecule has 0 bridgehead atoms. The molecule has 0 aliphatic heterocycles. The van der Waals surface area contributed by atoms with Crippen molar-refractivity contribution in [1.82, 2.24) is 24.4 Å². The highest BCUT2D eigenvalue weighted by Gasteiger charge is 2.14. The molecule has 0 fully saturated rings. The normalized spacial score (nSPS) is 11.1. The van der Waals surface area contributed by atoms with E-state index in [4.69, 9.17) is 0 Å².